The van der Waals surface area contributed by atoms with Gasteiger partial charge < -0.3 is 4.57 Å². The van der Waals surface area contributed by atoms with Gasteiger partial charge >= 0.3 is 5.69 Å². The van der Waals surface area contributed by atoms with Crippen molar-refractivity contribution in [3.05, 3.63) is 115 Å². The lowest BCUT2D eigenvalue weighted by atomic mass is 10.1. The normalized spacial score (nSPS) is 15.7. The molecule has 0 N–H and O–H groups in total. The number of hydrogen-bond donors (Lipinski definition) is 0. The first-order valence-corrected chi connectivity index (χ1v) is 14.4. The average Bonchev–Trinajstić information content (AvgIpc) is 3.95. The van der Waals surface area contributed by atoms with Gasteiger partial charge in [-0.1, -0.05) is 6.07 Å². The van der Waals surface area contributed by atoms with E-state index in [1.54, 1.807) is 45.8 Å². The molecule has 0 radical (unpaired) electrons. The van der Waals surface area contributed by atoms with E-state index in [9.17, 15) is 23.6 Å². The number of pyridine rings is 3. The summed E-state index contributed by atoms with van der Waals surface area (Å²) in [5, 5.41) is 0. The quantitative estimate of drug-likeness (QED) is 0.280. The van der Waals surface area contributed by atoms with Crippen LogP contribution in [0.2, 0.25) is 0 Å². The van der Waals surface area contributed by atoms with Gasteiger partial charge in [0.1, 0.15) is 11.6 Å². The summed E-state index contributed by atoms with van der Waals surface area (Å²) in [4.78, 5) is 66.6. The first-order valence-electron chi connectivity index (χ1n) is 14.4. The number of amides is 1. The molecule has 0 atom stereocenters. The Morgan fingerprint density at radius 1 is 0.930 bits per heavy atom. The van der Waals surface area contributed by atoms with Gasteiger partial charge in [0.25, 0.3) is 11.5 Å². The largest absolute Gasteiger partial charge is 0.333 e. The zero-order valence-corrected chi connectivity index (χ0v) is 23.2. The van der Waals surface area contributed by atoms with Gasteiger partial charge in [0.2, 0.25) is 11.5 Å². The van der Waals surface area contributed by atoms with Gasteiger partial charge in [-0.25, -0.2) is 19.8 Å². The molecule has 3 aliphatic rings. The van der Waals surface area contributed by atoms with Crippen LogP contribution < -0.4 is 21.7 Å². The molecule has 2 fully saturated rings. The molecule has 2 aliphatic carbocycles. The van der Waals surface area contributed by atoms with Crippen LogP contribution in [0.3, 0.4) is 0 Å². The summed E-state index contributed by atoms with van der Waals surface area (Å²) < 4.78 is 18.1. The molecule has 5 heterocycles. The molecular weight excluding hydrogens is 553 g/mol. The number of fused-ring (bicyclic) bond motifs is 1. The second kappa shape index (κ2) is 10.7. The highest BCUT2D eigenvalue weighted by Gasteiger charge is 2.37. The van der Waals surface area contributed by atoms with Gasteiger partial charge in [-0.15, -0.1) is 0 Å². The second-order valence-electron chi connectivity index (χ2n) is 11.1. The van der Waals surface area contributed by atoms with Gasteiger partial charge in [-0.05, 0) is 62.4 Å². The number of aromatic nitrogens is 5. The average molecular weight is 582 g/mol. The summed E-state index contributed by atoms with van der Waals surface area (Å²) in [6, 6.07) is 10.9. The topological polar surface area (TPSA) is 124 Å². The third-order valence-corrected chi connectivity index (χ3v) is 8.05. The highest BCUT2D eigenvalue weighted by molar-refractivity contribution is 6.07. The fourth-order valence-corrected chi connectivity index (χ4v) is 5.51. The molecule has 4 aromatic rings. The fraction of sp³-hybridized carbons (Fsp3) is 0.323. The first kappa shape index (κ1) is 26.9. The number of aliphatic imine (C=N–C) groups is 1. The molecule has 2 saturated carbocycles. The van der Waals surface area contributed by atoms with Crippen LogP contribution in [0.4, 0.5) is 16.0 Å². The van der Waals surface area contributed by atoms with Crippen molar-refractivity contribution in [1.82, 2.24) is 23.7 Å². The number of nitrogens with zero attached hydrogens (tertiary/aromatic N) is 7. The SMILES string of the molecule is O=C(c1ccc(F)nc1)N(CCCn1ccccc1=O)c1ccc(C2=Nc3c(c(=O)n(C4CC4)c(=O)n3C3CC3)C2)cn1. The molecule has 1 amide bonds. The molecule has 43 heavy (non-hydrogen) atoms. The van der Waals surface area contributed by atoms with E-state index in [1.807, 2.05) is 0 Å². The molecule has 12 heteroatoms. The minimum atomic E-state index is -0.691. The van der Waals surface area contributed by atoms with Crippen molar-refractivity contribution in [2.75, 3.05) is 11.4 Å². The van der Waals surface area contributed by atoms with E-state index < -0.39 is 11.9 Å². The highest BCUT2D eigenvalue weighted by atomic mass is 19.1. The molecule has 0 saturated heterocycles. The van der Waals surface area contributed by atoms with E-state index in [0.29, 0.717) is 47.9 Å². The Morgan fingerprint density at radius 3 is 2.40 bits per heavy atom. The zero-order valence-electron chi connectivity index (χ0n) is 23.2. The molecule has 4 aromatic heterocycles. The third kappa shape index (κ3) is 5.13. The minimum Gasteiger partial charge on any atom is -0.315 e. The standard InChI is InChI=1S/C31H28FN7O4/c32-25-11-5-20(18-33-25)29(41)37(15-3-14-36-13-2-1-4-27(36)40)26-12-6-19(17-34-26)24-16-23-28(35-24)38(21-7-8-21)31(43)39(30(23)42)22-9-10-22/h1-2,4-6,11-13,17-18,21-22H,3,7-10,14-16H2. The van der Waals surface area contributed by atoms with Crippen LogP contribution in [0.5, 0.6) is 0 Å². The Hall–Kier alpha value is -5.00. The molecule has 11 nitrogen and oxygen atoms in total. The van der Waals surface area contributed by atoms with Crippen molar-refractivity contribution >= 4 is 23.3 Å². The van der Waals surface area contributed by atoms with Crippen LogP contribution >= 0.6 is 0 Å². The van der Waals surface area contributed by atoms with E-state index in [2.05, 4.69) is 9.97 Å². The Bertz CT molecular complexity index is 1940. The molecule has 7 rings (SSSR count). The van der Waals surface area contributed by atoms with E-state index >= 15 is 0 Å². The van der Waals surface area contributed by atoms with Crippen molar-refractivity contribution in [2.24, 2.45) is 4.99 Å². The first-order chi connectivity index (χ1) is 20.9. The van der Waals surface area contributed by atoms with E-state index in [1.165, 1.54) is 27.8 Å². The van der Waals surface area contributed by atoms with Crippen molar-refractivity contribution in [1.29, 1.82) is 0 Å². The van der Waals surface area contributed by atoms with Crippen molar-refractivity contribution in [3.8, 4) is 0 Å². The summed E-state index contributed by atoms with van der Waals surface area (Å²) in [6.45, 7) is 0.629. The number of anilines is 1. The maximum absolute atomic E-state index is 13.5. The summed E-state index contributed by atoms with van der Waals surface area (Å²) in [5.41, 5.74) is 1.38. The van der Waals surface area contributed by atoms with Crippen LogP contribution in [0.1, 0.15) is 65.7 Å². The Balaban J connectivity index is 1.17. The number of halogens is 1. The number of carbonyl (C=O) groups is 1. The number of rotatable bonds is 9. The highest BCUT2D eigenvalue weighted by Crippen LogP contribution is 2.40. The lowest BCUT2D eigenvalue weighted by Crippen LogP contribution is -2.40. The van der Waals surface area contributed by atoms with Gasteiger partial charge in [0.15, 0.2) is 0 Å². The lowest BCUT2D eigenvalue weighted by molar-refractivity contribution is 0.0985. The maximum Gasteiger partial charge on any atom is 0.333 e. The van der Waals surface area contributed by atoms with Crippen LogP contribution in [0.15, 0.2) is 80.4 Å². The maximum atomic E-state index is 13.5. The molecule has 0 aromatic carbocycles. The molecule has 0 bridgehead atoms. The van der Waals surface area contributed by atoms with E-state index in [0.717, 1.165) is 31.7 Å². The van der Waals surface area contributed by atoms with Crippen LogP contribution in [0.25, 0.3) is 0 Å². The summed E-state index contributed by atoms with van der Waals surface area (Å²) in [5.74, 6) is -0.290. The van der Waals surface area contributed by atoms with Crippen LogP contribution in [-0.2, 0) is 13.0 Å². The van der Waals surface area contributed by atoms with E-state index in [4.69, 9.17) is 4.99 Å². The smallest absolute Gasteiger partial charge is 0.315 e. The predicted octanol–water partition coefficient (Wildman–Crippen LogP) is 3.18. The van der Waals surface area contributed by atoms with Gasteiger partial charge in [-0.3, -0.25) is 28.4 Å². The Morgan fingerprint density at radius 2 is 1.72 bits per heavy atom. The van der Waals surface area contributed by atoms with Crippen molar-refractivity contribution in [2.45, 2.75) is 57.2 Å². The van der Waals surface area contributed by atoms with E-state index in [-0.39, 0.29) is 41.0 Å². The number of aryl methyl sites for hydroxylation is 1. The molecule has 1 aliphatic heterocycles. The molecule has 218 valence electrons. The summed E-state index contributed by atoms with van der Waals surface area (Å²) >= 11 is 0. The number of hydrogen-bond acceptors (Lipinski definition) is 7. The third-order valence-electron chi connectivity index (χ3n) is 8.05. The van der Waals surface area contributed by atoms with Crippen molar-refractivity contribution in [3.63, 3.8) is 0 Å². The van der Waals surface area contributed by atoms with Crippen LogP contribution in [0, 0.1) is 5.95 Å². The predicted molar refractivity (Wildman–Crippen MR) is 157 cm³/mol. The molecule has 0 spiro atoms. The monoisotopic (exact) mass is 581 g/mol. The fourth-order valence-electron chi connectivity index (χ4n) is 5.51. The Kier molecular flexibility index (Phi) is 6.68. The number of carbonyl (C=O) groups excluding carboxylic acids is 1. The van der Waals surface area contributed by atoms with Gasteiger partial charge in [-0.2, -0.15) is 4.39 Å². The van der Waals surface area contributed by atoms with Crippen molar-refractivity contribution < 1.29 is 9.18 Å². The molecule has 0 unspecified atom stereocenters. The lowest BCUT2D eigenvalue weighted by Gasteiger charge is -2.22. The van der Waals surface area contributed by atoms with Gasteiger partial charge in [0, 0.05) is 61.8 Å². The summed E-state index contributed by atoms with van der Waals surface area (Å²) in [7, 11) is 0. The summed E-state index contributed by atoms with van der Waals surface area (Å²) in [6.07, 6.45) is 8.68. The second-order valence-corrected chi connectivity index (χ2v) is 11.1. The van der Waals surface area contributed by atoms with Gasteiger partial charge in [0.05, 0.1) is 16.8 Å². The van der Waals surface area contributed by atoms with Crippen LogP contribution in [-0.4, -0.2) is 41.8 Å². The molecular formula is C31H28FN7O4. The minimum absolute atomic E-state index is 0.0272. The zero-order chi connectivity index (χ0) is 29.7. The Labute approximate surface area is 244 Å².